The summed E-state index contributed by atoms with van der Waals surface area (Å²) in [5.74, 6) is -1.89. The van der Waals surface area contributed by atoms with E-state index in [0.29, 0.717) is 12.1 Å². The maximum Gasteiger partial charge on any atom is 0.266 e. The van der Waals surface area contributed by atoms with E-state index in [-0.39, 0.29) is 22.7 Å². The number of amides is 3. The van der Waals surface area contributed by atoms with Crippen LogP contribution in [-0.2, 0) is 0 Å². The average Bonchev–Trinajstić information content (AvgIpc) is 3.32. The van der Waals surface area contributed by atoms with E-state index in [9.17, 15) is 18.8 Å². The van der Waals surface area contributed by atoms with Gasteiger partial charge >= 0.3 is 0 Å². The second kappa shape index (κ2) is 8.13. The minimum atomic E-state index is -0.556. The van der Waals surface area contributed by atoms with Gasteiger partial charge in [0.2, 0.25) is 0 Å². The summed E-state index contributed by atoms with van der Waals surface area (Å²) in [6.07, 6.45) is 3.34. The van der Waals surface area contributed by atoms with Crippen molar-refractivity contribution in [3.05, 3.63) is 65.0 Å². The van der Waals surface area contributed by atoms with Gasteiger partial charge in [-0.2, -0.15) is 0 Å². The van der Waals surface area contributed by atoms with Crippen molar-refractivity contribution < 1.29 is 18.8 Å². The molecule has 2 aromatic rings. The van der Waals surface area contributed by atoms with E-state index in [0.717, 1.165) is 37.0 Å². The van der Waals surface area contributed by atoms with Gasteiger partial charge < -0.3 is 10.2 Å². The number of hydrogen-bond donors (Lipinski definition) is 1. The third-order valence-corrected chi connectivity index (χ3v) is 5.35. The Morgan fingerprint density at radius 3 is 2.52 bits per heavy atom. The summed E-state index contributed by atoms with van der Waals surface area (Å²) in [6.45, 7) is 3.75. The Hall–Kier alpha value is -3.06. The average molecular weight is 395 g/mol. The largest absolute Gasteiger partial charge is 0.352 e. The lowest BCUT2D eigenvalue weighted by Gasteiger charge is -2.14. The van der Waals surface area contributed by atoms with Gasteiger partial charge in [-0.25, -0.2) is 9.29 Å². The summed E-state index contributed by atoms with van der Waals surface area (Å²) in [7, 11) is 0. The molecular weight excluding hydrogens is 373 g/mol. The van der Waals surface area contributed by atoms with Crippen molar-refractivity contribution in [3.63, 3.8) is 0 Å². The number of rotatable bonds is 6. The van der Waals surface area contributed by atoms with Crippen molar-refractivity contribution >= 4 is 23.4 Å². The summed E-state index contributed by atoms with van der Waals surface area (Å²) < 4.78 is 13.5. The molecule has 3 amide bonds. The molecule has 0 radical (unpaired) electrons. The number of benzene rings is 2. The normalized spacial score (nSPS) is 16.4. The molecule has 0 saturated carbocycles. The SMILES string of the molecule is O=C(NCCCN1CCCC1)c1ccc2c(c1)C(=O)N(c1cccc(F)c1)C2=O. The zero-order valence-electron chi connectivity index (χ0n) is 16.0. The maximum absolute atomic E-state index is 13.5. The van der Waals surface area contributed by atoms with Gasteiger partial charge in [0.1, 0.15) is 5.82 Å². The van der Waals surface area contributed by atoms with Crippen LogP contribution in [0.2, 0.25) is 0 Å². The molecule has 2 aliphatic rings. The van der Waals surface area contributed by atoms with Gasteiger partial charge in [-0.3, -0.25) is 14.4 Å². The van der Waals surface area contributed by atoms with E-state index in [1.807, 2.05) is 0 Å². The van der Waals surface area contributed by atoms with Crippen LogP contribution in [0.15, 0.2) is 42.5 Å². The van der Waals surface area contributed by atoms with Gasteiger partial charge in [-0.05, 0) is 75.3 Å². The van der Waals surface area contributed by atoms with E-state index in [1.165, 1.54) is 49.2 Å². The van der Waals surface area contributed by atoms with Crippen molar-refractivity contribution in [1.82, 2.24) is 10.2 Å². The second-order valence-corrected chi connectivity index (χ2v) is 7.34. The summed E-state index contributed by atoms with van der Waals surface area (Å²) >= 11 is 0. The fourth-order valence-electron chi connectivity index (χ4n) is 3.84. The quantitative estimate of drug-likeness (QED) is 0.603. The molecule has 6 nitrogen and oxygen atoms in total. The van der Waals surface area contributed by atoms with Gasteiger partial charge in [-0.1, -0.05) is 6.07 Å². The van der Waals surface area contributed by atoms with Crippen LogP contribution in [-0.4, -0.2) is 48.8 Å². The van der Waals surface area contributed by atoms with E-state index in [2.05, 4.69) is 10.2 Å². The van der Waals surface area contributed by atoms with Crippen LogP contribution >= 0.6 is 0 Å². The minimum Gasteiger partial charge on any atom is -0.352 e. The van der Waals surface area contributed by atoms with Gasteiger partial charge in [0.15, 0.2) is 0 Å². The molecule has 1 N–H and O–H groups in total. The molecule has 4 rings (SSSR count). The zero-order chi connectivity index (χ0) is 20.4. The molecule has 0 aromatic heterocycles. The van der Waals surface area contributed by atoms with Crippen LogP contribution in [0.1, 0.15) is 50.3 Å². The molecule has 1 saturated heterocycles. The zero-order valence-corrected chi connectivity index (χ0v) is 16.0. The highest BCUT2D eigenvalue weighted by Crippen LogP contribution is 2.29. The van der Waals surface area contributed by atoms with Crippen LogP contribution in [0.3, 0.4) is 0 Å². The molecule has 0 bridgehead atoms. The van der Waals surface area contributed by atoms with Crippen LogP contribution in [0.5, 0.6) is 0 Å². The highest BCUT2D eigenvalue weighted by Gasteiger charge is 2.37. The van der Waals surface area contributed by atoms with Gasteiger partial charge in [0, 0.05) is 12.1 Å². The third-order valence-electron chi connectivity index (χ3n) is 5.35. The standard InChI is InChI=1S/C22H22FN3O3/c23-16-5-3-6-17(14-16)26-21(28)18-8-7-15(13-19(18)22(26)29)20(27)24-9-4-12-25-10-1-2-11-25/h3,5-8,13-14H,1-2,4,9-12H2,(H,24,27). The molecule has 0 aliphatic carbocycles. The highest BCUT2D eigenvalue weighted by molar-refractivity contribution is 6.34. The molecule has 150 valence electrons. The van der Waals surface area contributed by atoms with Gasteiger partial charge in [0.25, 0.3) is 17.7 Å². The number of hydrogen-bond acceptors (Lipinski definition) is 4. The molecule has 2 aromatic carbocycles. The minimum absolute atomic E-state index is 0.156. The molecule has 7 heteroatoms. The van der Waals surface area contributed by atoms with Crippen molar-refractivity contribution in [3.8, 4) is 0 Å². The Labute approximate surface area is 168 Å². The number of imide groups is 1. The Bertz CT molecular complexity index is 970. The predicted octanol–water partition coefficient (Wildman–Crippen LogP) is 2.84. The molecular formula is C22H22FN3O3. The van der Waals surface area contributed by atoms with Crippen LogP contribution in [0.4, 0.5) is 10.1 Å². The maximum atomic E-state index is 13.5. The second-order valence-electron chi connectivity index (χ2n) is 7.34. The number of nitrogens with zero attached hydrogens (tertiary/aromatic N) is 2. The molecule has 2 aliphatic heterocycles. The topological polar surface area (TPSA) is 69.7 Å². The van der Waals surface area contributed by atoms with Crippen LogP contribution in [0.25, 0.3) is 0 Å². The lowest BCUT2D eigenvalue weighted by Crippen LogP contribution is -2.29. The van der Waals surface area contributed by atoms with E-state index in [4.69, 9.17) is 0 Å². The van der Waals surface area contributed by atoms with Crippen LogP contribution in [0, 0.1) is 5.82 Å². The third kappa shape index (κ3) is 3.91. The smallest absolute Gasteiger partial charge is 0.266 e. The molecule has 0 unspecified atom stereocenters. The summed E-state index contributed by atoms with van der Waals surface area (Å²) in [4.78, 5) is 41.1. The Balaban J connectivity index is 1.43. The monoisotopic (exact) mass is 395 g/mol. The van der Waals surface area contributed by atoms with Crippen molar-refractivity contribution in [2.24, 2.45) is 0 Å². The number of carbonyl (C=O) groups is 3. The van der Waals surface area contributed by atoms with Crippen LogP contribution < -0.4 is 10.2 Å². The summed E-state index contributed by atoms with van der Waals surface area (Å²) in [5.41, 5.74) is 0.866. The number of likely N-dealkylation sites (tertiary alicyclic amines) is 1. The lowest BCUT2D eigenvalue weighted by atomic mass is 10.1. The first-order chi connectivity index (χ1) is 14.0. The Morgan fingerprint density at radius 1 is 1.00 bits per heavy atom. The molecule has 0 spiro atoms. The van der Waals surface area contributed by atoms with E-state index >= 15 is 0 Å². The first-order valence-electron chi connectivity index (χ1n) is 9.83. The predicted molar refractivity (Wildman–Crippen MR) is 107 cm³/mol. The lowest BCUT2D eigenvalue weighted by molar-refractivity contribution is 0.0923. The summed E-state index contributed by atoms with van der Waals surface area (Å²) in [6, 6.07) is 9.77. The number of halogens is 1. The first kappa shape index (κ1) is 19.3. The first-order valence-corrected chi connectivity index (χ1v) is 9.83. The number of nitrogens with one attached hydrogen (secondary N) is 1. The molecule has 29 heavy (non-hydrogen) atoms. The Morgan fingerprint density at radius 2 is 1.76 bits per heavy atom. The highest BCUT2D eigenvalue weighted by atomic mass is 19.1. The van der Waals surface area contributed by atoms with E-state index in [1.54, 1.807) is 0 Å². The van der Waals surface area contributed by atoms with E-state index < -0.39 is 17.6 Å². The molecule has 1 fully saturated rings. The van der Waals surface area contributed by atoms with Crippen molar-refractivity contribution in [2.45, 2.75) is 19.3 Å². The van der Waals surface area contributed by atoms with Crippen molar-refractivity contribution in [2.75, 3.05) is 31.1 Å². The fraction of sp³-hybridized carbons (Fsp3) is 0.318. The Kier molecular flexibility index (Phi) is 5.40. The number of anilines is 1. The van der Waals surface area contributed by atoms with Gasteiger partial charge in [0.05, 0.1) is 16.8 Å². The van der Waals surface area contributed by atoms with Gasteiger partial charge in [-0.15, -0.1) is 0 Å². The van der Waals surface area contributed by atoms with Crippen molar-refractivity contribution in [1.29, 1.82) is 0 Å². The number of carbonyl (C=O) groups excluding carboxylic acids is 3. The molecule has 0 atom stereocenters. The summed E-state index contributed by atoms with van der Waals surface area (Å²) in [5, 5.41) is 2.87. The number of fused-ring (bicyclic) bond motifs is 1. The fourth-order valence-corrected chi connectivity index (χ4v) is 3.84. The molecule has 2 heterocycles.